The summed E-state index contributed by atoms with van der Waals surface area (Å²) in [6.07, 6.45) is 6.84. The second-order valence-electron chi connectivity index (χ2n) is 2.88. The molecule has 2 aromatic heterocycles. The molecule has 0 amide bonds. The van der Waals surface area contributed by atoms with Crippen molar-refractivity contribution in [3.05, 3.63) is 54.4 Å². The quantitative estimate of drug-likeness (QED) is 0.634. The molecule has 3 heteroatoms. The number of hydrogen-bond donors (Lipinski definition) is 0. The summed E-state index contributed by atoms with van der Waals surface area (Å²) in [4.78, 5) is 11.4. The van der Waals surface area contributed by atoms with Crippen molar-refractivity contribution < 1.29 is 0 Å². The summed E-state index contributed by atoms with van der Waals surface area (Å²) >= 11 is 0. The minimum atomic E-state index is 1.01. The fraction of sp³-hybridized carbons (Fsp3) is 0.182. The third-order valence-corrected chi connectivity index (χ3v) is 1.58. The number of nitrogens with zero attached hydrogens (tertiary/aromatic N) is 3. The molecule has 0 unspecified atom stereocenters. The zero-order chi connectivity index (χ0) is 10.2. The lowest BCUT2D eigenvalue weighted by Crippen LogP contribution is -1.77. The van der Waals surface area contributed by atoms with Crippen LogP contribution < -0.4 is 0 Å². The minimum Gasteiger partial charge on any atom is -0.265 e. The molecule has 0 atom stereocenters. The second-order valence-corrected chi connectivity index (χ2v) is 2.88. The van der Waals surface area contributed by atoms with E-state index in [1.165, 1.54) is 11.9 Å². The van der Waals surface area contributed by atoms with Gasteiger partial charge in [0.2, 0.25) is 0 Å². The maximum atomic E-state index is 3.87. The summed E-state index contributed by atoms with van der Waals surface area (Å²) < 4.78 is 0. The molecule has 0 bridgehead atoms. The van der Waals surface area contributed by atoms with Gasteiger partial charge in [-0.3, -0.25) is 4.98 Å². The van der Waals surface area contributed by atoms with Crippen LogP contribution in [0.15, 0.2) is 43.1 Å². The Hall–Kier alpha value is -1.77. The average Bonchev–Trinajstić information content (AvgIpc) is 2.21. The Labute approximate surface area is 83.9 Å². The first kappa shape index (κ1) is 10.3. The molecule has 0 N–H and O–H groups in total. The highest BCUT2D eigenvalue weighted by molar-refractivity contribution is 5.05. The van der Waals surface area contributed by atoms with E-state index in [2.05, 4.69) is 15.0 Å². The molecule has 14 heavy (non-hydrogen) atoms. The molecule has 0 aliphatic rings. The highest BCUT2D eigenvalue weighted by Gasteiger charge is 1.74. The fourth-order valence-electron chi connectivity index (χ4n) is 0.783. The zero-order valence-corrected chi connectivity index (χ0v) is 8.38. The van der Waals surface area contributed by atoms with Crippen molar-refractivity contribution >= 4 is 0 Å². The second kappa shape index (κ2) is 5.80. The van der Waals surface area contributed by atoms with E-state index in [9.17, 15) is 0 Å². The maximum absolute atomic E-state index is 3.87. The van der Waals surface area contributed by atoms with Gasteiger partial charge in [-0.25, -0.2) is 9.97 Å². The molecule has 3 nitrogen and oxygen atoms in total. The molecule has 2 aromatic rings. The third-order valence-electron chi connectivity index (χ3n) is 1.58. The van der Waals surface area contributed by atoms with E-state index in [0.717, 1.165) is 5.69 Å². The fourth-order valence-corrected chi connectivity index (χ4v) is 0.783. The third kappa shape index (κ3) is 4.30. The van der Waals surface area contributed by atoms with Gasteiger partial charge in [0, 0.05) is 24.3 Å². The first-order chi connectivity index (χ1) is 6.79. The van der Waals surface area contributed by atoms with Gasteiger partial charge in [0.25, 0.3) is 0 Å². The van der Waals surface area contributed by atoms with Crippen LogP contribution in [0.25, 0.3) is 0 Å². The van der Waals surface area contributed by atoms with Crippen LogP contribution in [-0.4, -0.2) is 15.0 Å². The van der Waals surface area contributed by atoms with Crippen molar-refractivity contribution in [1.82, 2.24) is 15.0 Å². The minimum absolute atomic E-state index is 1.01. The molecular formula is C11H13N3. The Bertz CT molecular complexity index is 308. The van der Waals surface area contributed by atoms with Gasteiger partial charge in [0.1, 0.15) is 6.33 Å². The average molecular weight is 187 g/mol. The van der Waals surface area contributed by atoms with E-state index in [1.54, 1.807) is 18.6 Å². The van der Waals surface area contributed by atoms with Crippen molar-refractivity contribution in [3.63, 3.8) is 0 Å². The van der Waals surface area contributed by atoms with Crippen LogP contribution in [0.2, 0.25) is 0 Å². The van der Waals surface area contributed by atoms with Crippen LogP contribution in [0.5, 0.6) is 0 Å². The van der Waals surface area contributed by atoms with E-state index in [0.29, 0.717) is 0 Å². The standard InChI is InChI=1S/C6H7N.C5H6N2/c1-6-2-4-7-5-3-6;1-5-2-3-6-4-7-5/h2-5H,1H3;2-4H,1H3. The monoisotopic (exact) mass is 187 g/mol. The molecule has 0 radical (unpaired) electrons. The van der Waals surface area contributed by atoms with Gasteiger partial charge in [-0.05, 0) is 37.6 Å². The van der Waals surface area contributed by atoms with Gasteiger partial charge < -0.3 is 0 Å². The number of aromatic nitrogens is 3. The summed E-state index contributed by atoms with van der Waals surface area (Å²) in [5.41, 5.74) is 2.27. The molecule has 0 aliphatic carbocycles. The molecular weight excluding hydrogens is 174 g/mol. The number of hydrogen-bond acceptors (Lipinski definition) is 3. The maximum Gasteiger partial charge on any atom is 0.115 e. The van der Waals surface area contributed by atoms with Gasteiger partial charge in [-0.1, -0.05) is 0 Å². The molecule has 0 saturated heterocycles. The van der Waals surface area contributed by atoms with E-state index in [-0.39, 0.29) is 0 Å². The lowest BCUT2D eigenvalue weighted by Gasteiger charge is -1.82. The summed E-state index contributed by atoms with van der Waals surface area (Å²) in [7, 11) is 0. The summed E-state index contributed by atoms with van der Waals surface area (Å²) in [5, 5.41) is 0. The van der Waals surface area contributed by atoms with Gasteiger partial charge in [-0.15, -0.1) is 0 Å². The molecule has 0 saturated carbocycles. The summed E-state index contributed by atoms with van der Waals surface area (Å²) in [6.45, 7) is 3.98. The van der Waals surface area contributed by atoms with Crippen molar-refractivity contribution in [2.45, 2.75) is 13.8 Å². The number of aryl methyl sites for hydroxylation is 2. The molecule has 0 aromatic carbocycles. The Balaban J connectivity index is 0.000000140. The van der Waals surface area contributed by atoms with Crippen molar-refractivity contribution in [3.8, 4) is 0 Å². The van der Waals surface area contributed by atoms with Crippen LogP contribution in [0.4, 0.5) is 0 Å². The lowest BCUT2D eigenvalue weighted by molar-refractivity contribution is 1.10. The molecule has 0 aliphatic heterocycles. The van der Waals surface area contributed by atoms with Crippen molar-refractivity contribution in [2.24, 2.45) is 0 Å². The molecule has 0 fully saturated rings. The van der Waals surface area contributed by atoms with Crippen molar-refractivity contribution in [2.75, 3.05) is 0 Å². The Morgan fingerprint density at radius 3 is 1.79 bits per heavy atom. The van der Waals surface area contributed by atoms with Gasteiger partial charge in [0.15, 0.2) is 0 Å². The van der Waals surface area contributed by atoms with Gasteiger partial charge in [-0.2, -0.15) is 0 Å². The smallest absolute Gasteiger partial charge is 0.115 e. The normalized spacial score (nSPS) is 8.71. The summed E-state index contributed by atoms with van der Waals surface area (Å²) in [6, 6.07) is 5.81. The van der Waals surface area contributed by atoms with Crippen LogP contribution in [-0.2, 0) is 0 Å². The van der Waals surface area contributed by atoms with Crippen LogP contribution in [0, 0.1) is 13.8 Å². The lowest BCUT2D eigenvalue weighted by atomic mass is 10.3. The molecule has 2 heterocycles. The summed E-state index contributed by atoms with van der Waals surface area (Å²) in [5.74, 6) is 0. The number of pyridine rings is 1. The van der Waals surface area contributed by atoms with Gasteiger partial charge >= 0.3 is 0 Å². The van der Waals surface area contributed by atoms with E-state index < -0.39 is 0 Å². The largest absolute Gasteiger partial charge is 0.265 e. The SMILES string of the molecule is Cc1ccncc1.Cc1ccncn1. The Kier molecular flexibility index (Phi) is 4.27. The molecule has 72 valence electrons. The first-order valence-corrected chi connectivity index (χ1v) is 4.38. The molecule has 2 rings (SSSR count). The van der Waals surface area contributed by atoms with E-state index in [1.807, 2.05) is 32.0 Å². The van der Waals surface area contributed by atoms with Crippen molar-refractivity contribution in [1.29, 1.82) is 0 Å². The predicted octanol–water partition coefficient (Wildman–Crippen LogP) is 2.18. The highest BCUT2D eigenvalue weighted by Crippen LogP contribution is 1.88. The Morgan fingerprint density at radius 2 is 1.50 bits per heavy atom. The van der Waals surface area contributed by atoms with E-state index >= 15 is 0 Å². The van der Waals surface area contributed by atoms with Crippen LogP contribution in [0.3, 0.4) is 0 Å². The van der Waals surface area contributed by atoms with Crippen LogP contribution in [0.1, 0.15) is 11.3 Å². The zero-order valence-electron chi connectivity index (χ0n) is 8.38. The van der Waals surface area contributed by atoms with E-state index in [4.69, 9.17) is 0 Å². The number of rotatable bonds is 0. The molecule has 0 spiro atoms. The van der Waals surface area contributed by atoms with Gasteiger partial charge in [0.05, 0.1) is 0 Å². The topological polar surface area (TPSA) is 38.7 Å². The Morgan fingerprint density at radius 1 is 0.857 bits per heavy atom. The highest BCUT2D eigenvalue weighted by atomic mass is 14.8. The predicted molar refractivity (Wildman–Crippen MR) is 55.7 cm³/mol. The van der Waals surface area contributed by atoms with Crippen LogP contribution >= 0.6 is 0 Å². The first-order valence-electron chi connectivity index (χ1n) is 4.38.